The van der Waals surface area contributed by atoms with Crippen LogP contribution in [0.4, 0.5) is 10.9 Å². The molecule has 1 aromatic rings. The molecule has 13 heavy (non-hydrogen) atoms. The maximum absolute atomic E-state index is 5.72. The number of piperidine rings is 1. The predicted octanol–water partition coefficient (Wildman–Crippen LogP) is 2.02. The van der Waals surface area contributed by atoms with Crippen LogP contribution in [0.5, 0.6) is 0 Å². The fraction of sp³-hybridized carbons (Fsp3) is 0.667. The van der Waals surface area contributed by atoms with E-state index in [-0.39, 0.29) is 0 Å². The fourth-order valence-corrected chi connectivity index (χ4v) is 2.49. The Labute approximate surface area is 82.6 Å². The van der Waals surface area contributed by atoms with E-state index in [1.807, 2.05) is 6.92 Å². The number of rotatable bonds is 1. The van der Waals surface area contributed by atoms with E-state index < -0.39 is 0 Å². The molecule has 0 saturated carbocycles. The van der Waals surface area contributed by atoms with Crippen molar-refractivity contribution in [2.45, 2.75) is 26.2 Å². The summed E-state index contributed by atoms with van der Waals surface area (Å²) in [4.78, 5) is 7.84. The summed E-state index contributed by atoms with van der Waals surface area (Å²) in [6.45, 7) is 4.32. The van der Waals surface area contributed by atoms with Gasteiger partial charge in [0.25, 0.3) is 0 Å². The van der Waals surface area contributed by atoms with E-state index in [4.69, 9.17) is 5.73 Å². The molecule has 0 unspecified atom stereocenters. The molecule has 1 aliphatic heterocycles. The molecule has 0 aliphatic carbocycles. The van der Waals surface area contributed by atoms with Gasteiger partial charge in [-0.3, -0.25) is 0 Å². The molecule has 0 atom stereocenters. The van der Waals surface area contributed by atoms with E-state index in [1.54, 1.807) is 11.3 Å². The summed E-state index contributed by atoms with van der Waals surface area (Å²) in [6.07, 6.45) is 3.94. The van der Waals surface area contributed by atoms with Crippen molar-refractivity contribution in [2.24, 2.45) is 0 Å². The van der Waals surface area contributed by atoms with E-state index in [9.17, 15) is 0 Å². The second kappa shape index (κ2) is 3.54. The molecule has 1 saturated heterocycles. The van der Waals surface area contributed by atoms with Crippen LogP contribution in [0.1, 0.15) is 24.1 Å². The van der Waals surface area contributed by atoms with Crippen molar-refractivity contribution in [3.8, 4) is 0 Å². The number of aromatic nitrogens is 1. The number of thiazole rings is 1. The van der Waals surface area contributed by atoms with Gasteiger partial charge in [-0.25, -0.2) is 4.98 Å². The molecule has 72 valence electrons. The van der Waals surface area contributed by atoms with Gasteiger partial charge in [-0.2, -0.15) is 0 Å². The molecule has 0 radical (unpaired) electrons. The molecule has 2 heterocycles. The first-order valence-corrected chi connectivity index (χ1v) is 5.57. The smallest absolute Gasteiger partial charge is 0.187 e. The van der Waals surface area contributed by atoms with E-state index in [0.29, 0.717) is 5.82 Å². The van der Waals surface area contributed by atoms with Gasteiger partial charge in [0.2, 0.25) is 0 Å². The molecule has 3 nitrogen and oxygen atoms in total. The van der Waals surface area contributed by atoms with Gasteiger partial charge in [-0.1, -0.05) is 11.3 Å². The van der Waals surface area contributed by atoms with Crippen LogP contribution in [-0.2, 0) is 0 Å². The van der Waals surface area contributed by atoms with Crippen molar-refractivity contribution in [3.63, 3.8) is 0 Å². The number of hydrogen-bond acceptors (Lipinski definition) is 4. The lowest BCUT2D eigenvalue weighted by atomic mass is 10.1. The average Bonchev–Trinajstić information content (AvgIpc) is 2.49. The minimum Gasteiger partial charge on any atom is -0.383 e. The number of hydrogen-bond donors (Lipinski definition) is 1. The Kier molecular flexibility index (Phi) is 2.40. The van der Waals surface area contributed by atoms with Gasteiger partial charge < -0.3 is 10.6 Å². The molecule has 0 bridgehead atoms. The molecule has 4 heteroatoms. The van der Waals surface area contributed by atoms with Crippen molar-refractivity contribution in [1.82, 2.24) is 4.98 Å². The zero-order valence-electron chi connectivity index (χ0n) is 7.92. The summed E-state index contributed by atoms with van der Waals surface area (Å²) < 4.78 is 0. The first-order valence-electron chi connectivity index (χ1n) is 4.75. The molecule has 0 amide bonds. The third kappa shape index (κ3) is 1.77. The number of aryl methyl sites for hydroxylation is 1. The van der Waals surface area contributed by atoms with Crippen LogP contribution in [-0.4, -0.2) is 18.1 Å². The molecule has 1 aromatic heterocycles. The first kappa shape index (κ1) is 8.81. The lowest BCUT2D eigenvalue weighted by molar-refractivity contribution is 0.577. The van der Waals surface area contributed by atoms with Gasteiger partial charge in [0.05, 0.1) is 0 Å². The Morgan fingerprint density at radius 3 is 2.54 bits per heavy atom. The summed E-state index contributed by atoms with van der Waals surface area (Å²) in [5.41, 5.74) is 5.72. The van der Waals surface area contributed by atoms with E-state index in [1.165, 1.54) is 19.3 Å². The number of nitrogens with zero attached hydrogens (tertiary/aromatic N) is 2. The van der Waals surface area contributed by atoms with Crippen LogP contribution >= 0.6 is 11.3 Å². The maximum Gasteiger partial charge on any atom is 0.187 e. The van der Waals surface area contributed by atoms with Crippen molar-refractivity contribution in [2.75, 3.05) is 23.7 Å². The average molecular weight is 197 g/mol. The Morgan fingerprint density at radius 1 is 1.31 bits per heavy atom. The van der Waals surface area contributed by atoms with Gasteiger partial charge in [-0.05, 0) is 26.2 Å². The summed E-state index contributed by atoms with van der Waals surface area (Å²) in [6, 6.07) is 0. The van der Waals surface area contributed by atoms with Crippen LogP contribution in [0.25, 0.3) is 0 Å². The maximum atomic E-state index is 5.72. The van der Waals surface area contributed by atoms with Crippen molar-refractivity contribution >= 4 is 22.3 Å². The normalized spacial score (nSPS) is 17.8. The monoisotopic (exact) mass is 197 g/mol. The molecule has 2 rings (SSSR count). The number of nitrogen functional groups attached to an aromatic ring is 1. The molecule has 2 N–H and O–H groups in total. The highest BCUT2D eigenvalue weighted by molar-refractivity contribution is 7.16. The lowest BCUT2D eigenvalue weighted by Crippen LogP contribution is -2.29. The van der Waals surface area contributed by atoms with Gasteiger partial charge in [0, 0.05) is 18.0 Å². The van der Waals surface area contributed by atoms with Crippen molar-refractivity contribution in [1.29, 1.82) is 0 Å². The van der Waals surface area contributed by atoms with E-state index in [0.717, 1.165) is 23.1 Å². The lowest BCUT2D eigenvalue weighted by Gasteiger charge is -2.25. The molecule has 1 aliphatic rings. The minimum absolute atomic E-state index is 0.700. The molecule has 0 aromatic carbocycles. The first-order chi connectivity index (χ1) is 6.27. The Morgan fingerprint density at radius 2 is 2.00 bits per heavy atom. The van der Waals surface area contributed by atoms with Gasteiger partial charge >= 0.3 is 0 Å². The molecule has 1 fully saturated rings. The summed E-state index contributed by atoms with van der Waals surface area (Å²) in [5, 5.41) is 1.11. The largest absolute Gasteiger partial charge is 0.383 e. The van der Waals surface area contributed by atoms with E-state index in [2.05, 4.69) is 9.88 Å². The van der Waals surface area contributed by atoms with Gasteiger partial charge in [0.15, 0.2) is 5.13 Å². The molecular formula is C9H15N3S. The Balaban J connectivity index is 2.14. The topological polar surface area (TPSA) is 42.2 Å². The van der Waals surface area contributed by atoms with Crippen LogP contribution in [0.2, 0.25) is 0 Å². The summed E-state index contributed by atoms with van der Waals surface area (Å²) in [7, 11) is 0. The highest BCUT2D eigenvalue weighted by atomic mass is 32.1. The number of nitrogens with two attached hydrogens (primary N) is 1. The third-order valence-corrected chi connectivity index (χ3v) is 3.50. The zero-order valence-corrected chi connectivity index (χ0v) is 8.73. The van der Waals surface area contributed by atoms with Crippen LogP contribution < -0.4 is 10.6 Å². The zero-order chi connectivity index (χ0) is 9.26. The van der Waals surface area contributed by atoms with Crippen molar-refractivity contribution < 1.29 is 0 Å². The Hall–Kier alpha value is -0.770. The summed E-state index contributed by atoms with van der Waals surface area (Å²) in [5.74, 6) is 0.700. The van der Waals surface area contributed by atoms with Crippen LogP contribution in [0.3, 0.4) is 0 Å². The third-order valence-electron chi connectivity index (χ3n) is 2.45. The van der Waals surface area contributed by atoms with Crippen LogP contribution in [0.15, 0.2) is 0 Å². The highest BCUT2D eigenvalue weighted by Gasteiger charge is 2.14. The molecule has 0 spiro atoms. The minimum atomic E-state index is 0.700. The highest BCUT2D eigenvalue weighted by Crippen LogP contribution is 2.28. The second-order valence-electron chi connectivity index (χ2n) is 3.49. The van der Waals surface area contributed by atoms with Gasteiger partial charge in [-0.15, -0.1) is 0 Å². The fourth-order valence-electron chi connectivity index (χ4n) is 1.61. The Bertz CT molecular complexity index is 270. The van der Waals surface area contributed by atoms with E-state index >= 15 is 0 Å². The van der Waals surface area contributed by atoms with Gasteiger partial charge in [0.1, 0.15) is 5.82 Å². The molecular weight excluding hydrogens is 182 g/mol. The second-order valence-corrected chi connectivity index (χ2v) is 4.67. The summed E-state index contributed by atoms with van der Waals surface area (Å²) >= 11 is 1.71. The predicted molar refractivity (Wildman–Crippen MR) is 57.3 cm³/mol. The SMILES string of the molecule is Cc1sc(N2CCCCC2)nc1N. The standard InChI is InChI=1S/C9H15N3S/c1-7-8(10)11-9(13-7)12-5-3-2-4-6-12/h2-6,10H2,1H3. The van der Waals surface area contributed by atoms with Crippen molar-refractivity contribution in [3.05, 3.63) is 4.88 Å². The van der Waals surface area contributed by atoms with Crippen LogP contribution in [0, 0.1) is 6.92 Å². The number of anilines is 2. The quantitative estimate of drug-likeness (QED) is 0.749.